The Morgan fingerprint density at radius 1 is 0.964 bits per heavy atom. The van der Waals surface area contributed by atoms with Crippen LogP contribution < -0.4 is 5.32 Å². The van der Waals surface area contributed by atoms with Crippen molar-refractivity contribution in [2.75, 3.05) is 5.32 Å². The van der Waals surface area contributed by atoms with Crippen LogP contribution in [0.2, 0.25) is 5.02 Å². The van der Waals surface area contributed by atoms with Crippen molar-refractivity contribution in [2.24, 2.45) is 0 Å². The van der Waals surface area contributed by atoms with E-state index < -0.39 is 0 Å². The second kappa shape index (κ2) is 8.27. The van der Waals surface area contributed by atoms with Crippen molar-refractivity contribution >= 4 is 50.5 Å². The molecule has 1 N–H and O–H groups in total. The Balaban J connectivity index is 1.49. The second-order valence-corrected chi connectivity index (χ2v) is 8.30. The highest BCUT2D eigenvalue weighted by molar-refractivity contribution is 9.10. The molecular weight excluding hydrogens is 456 g/mol. The zero-order valence-electron chi connectivity index (χ0n) is 14.5. The molecular formula is C22H14BrClN2OS. The van der Waals surface area contributed by atoms with E-state index in [4.69, 9.17) is 16.6 Å². The summed E-state index contributed by atoms with van der Waals surface area (Å²) in [4.78, 5) is 17.1. The number of aromatic nitrogens is 1. The van der Waals surface area contributed by atoms with Crippen LogP contribution in [0.25, 0.3) is 21.8 Å². The normalized spacial score (nSPS) is 10.6. The molecule has 1 heterocycles. The number of nitrogens with zero attached hydrogens (tertiary/aromatic N) is 1. The first-order valence-corrected chi connectivity index (χ1v) is 10.5. The van der Waals surface area contributed by atoms with Gasteiger partial charge in [0, 0.05) is 37.3 Å². The van der Waals surface area contributed by atoms with Crippen molar-refractivity contribution < 1.29 is 4.79 Å². The third kappa shape index (κ3) is 4.33. The smallest absolute Gasteiger partial charge is 0.255 e. The number of anilines is 1. The van der Waals surface area contributed by atoms with Gasteiger partial charge in [0.25, 0.3) is 5.91 Å². The molecule has 4 aromatic rings. The Bertz CT molecular complexity index is 1120. The number of hydrogen-bond donors (Lipinski definition) is 1. The minimum Gasteiger partial charge on any atom is -0.322 e. The van der Waals surface area contributed by atoms with Gasteiger partial charge >= 0.3 is 0 Å². The van der Waals surface area contributed by atoms with Crippen molar-refractivity contribution in [2.45, 2.75) is 0 Å². The number of hydrogen-bond acceptors (Lipinski definition) is 3. The number of benzene rings is 3. The molecule has 6 heteroatoms. The summed E-state index contributed by atoms with van der Waals surface area (Å²) in [5.41, 5.74) is 4.28. The molecule has 0 saturated heterocycles. The summed E-state index contributed by atoms with van der Waals surface area (Å²) < 4.78 is 0.871. The van der Waals surface area contributed by atoms with Crippen molar-refractivity contribution in [1.29, 1.82) is 0 Å². The van der Waals surface area contributed by atoms with E-state index in [2.05, 4.69) is 21.2 Å². The molecule has 0 aliphatic heterocycles. The monoisotopic (exact) mass is 468 g/mol. The van der Waals surface area contributed by atoms with Crippen LogP contribution in [0.1, 0.15) is 10.4 Å². The molecule has 0 atom stereocenters. The first kappa shape index (κ1) is 18.9. The molecule has 28 heavy (non-hydrogen) atoms. The largest absolute Gasteiger partial charge is 0.322 e. The van der Waals surface area contributed by atoms with Gasteiger partial charge in [0.15, 0.2) is 0 Å². The topological polar surface area (TPSA) is 42.0 Å². The molecule has 0 aliphatic carbocycles. The molecule has 138 valence electrons. The van der Waals surface area contributed by atoms with Crippen LogP contribution in [0, 0.1) is 0 Å². The Labute approximate surface area is 180 Å². The molecule has 4 rings (SSSR count). The fourth-order valence-electron chi connectivity index (χ4n) is 2.69. The van der Waals surface area contributed by atoms with E-state index in [0.717, 1.165) is 32.0 Å². The lowest BCUT2D eigenvalue weighted by molar-refractivity contribution is 0.102. The lowest BCUT2D eigenvalue weighted by Gasteiger charge is -2.06. The minimum absolute atomic E-state index is 0.146. The predicted molar refractivity (Wildman–Crippen MR) is 120 cm³/mol. The average Bonchev–Trinajstić information content (AvgIpc) is 3.19. The van der Waals surface area contributed by atoms with Gasteiger partial charge in [-0.05, 0) is 42.5 Å². The molecule has 0 saturated carbocycles. The number of thiazole rings is 1. The van der Waals surface area contributed by atoms with Crippen LogP contribution in [0.5, 0.6) is 0 Å². The van der Waals surface area contributed by atoms with Crippen molar-refractivity contribution in [3.63, 3.8) is 0 Å². The summed E-state index contributed by atoms with van der Waals surface area (Å²) in [6, 6.07) is 22.6. The number of rotatable bonds is 4. The molecule has 0 spiro atoms. The highest BCUT2D eigenvalue weighted by Gasteiger charge is 2.09. The fourth-order valence-corrected chi connectivity index (χ4v) is 4.05. The standard InChI is InChI=1S/C22H14BrClN2OS/c23-17-3-1-2-16(12-17)21(27)25-19-10-6-14(7-11-19)20-13-28-22(26-20)15-4-8-18(24)9-5-15/h1-13H,(H,25,27). The highest BCUT2D eigenvalue weighted by Crippen LogP contribution is 2.30. The number of halogens is 2. The molecule has 0 aliphatic rings. The van der Waals surface area contributed by atoms with Crippen molar-refractivity contribution in [3.05, 3.63) is 93.2 Å². The molecule has 1 amide bonds. The van der Waals surface area contributed by atoms with Crippen LogP contribution in [0.15, 0.2) is 82.6 Å². The summed E-state index contributed by atoms with van der Waals surface area (Å²) in [5.74, 6) is -0.146. The average molecular weight is 470 g/mol. The maximum absolute atomic E-state index is 12.4. The van der Waals surface area contributed by atoms with E-state index in [1.165, 1.54) is 0 Å². The van der Waals surface area contributed by atoms with Crippen LogP contribution >= 0.6 is 38.9 Å². The fraction of sp³-hybridized carbons (Fsp3) is 0. The maximum atomic E-state index is 12.4. The number of carbonyl (C=O) groups is 1. The zero-order chi connectivity index (χ0) is 19.5. The van der Waals surface area contributed by atoms with Crippen LogP contribution in [-0.2, 0) is 0 Å². The van der Waals surface area contributed by atoms with Crippen LogP contribution in [0.3, 0.4) is 0 Å². The molecule has 0 bridgehead atoms. The Kier molecular flexibility index (Phi) is 5.57. The van der Waals surface area contributed by atoms with Gasteiger partial charge < -0.3 is 5.32 Å². The zero-order valence-corrected chi connectivity index (χ0v) is 17.7. The van der Waals surface area contributed by atoms with Gasteiger partial charge in [0.1, 0.15) is 5.01 Å². The number of carbonyl (C=O) groups excluding carboxylic acids is 1. The lowest BCUT2D eigenvalue weighted by atomic mass is 10.1. The quantitative estimate of drug-likeness (QED) is 0.345. The summed E-state index contributed by atoms with van der Waals surface area (Å²) in [7, 11) is 0. The molecule has 3 aromatic carbocycles. The SMILES string of the molecule is O=C(Nc1ccc(-c2csc(-c3ccc(Cl)cc3)n2)cc1)c1cccc(Br)c1. The van der Waals surface area contributed by atoms with Gasteiger partial charge in [-0.3, -0.25) is 4.79 Å². The number of nitrogens with one attached hydrogen (secondary N) is 1. The lowest BCUT2D eigenvalue weighted by Crippen LogP contribution is -2.11. The Hall–Kier alpha value is -2.47. The summed E-state index contributed by atoms with van der Waals surface area (Å²) in [5, 5.41) is 6.59. The first-order valence-electron chi connectivity index (χ1n) is 8.47. The van der Waals surface area contributed by atoms with E-state index in [0.29, 0.717) is 10.6 Å². The van der Waals surface area contributed by atoms with E-state index in [9.17, 15) is 4.79 Å². The Morgan fingerprint density at radius 2 is 1.68 bits per heavy atom. The van der Waals surface area contributed by atoms with E-state index in [1.807, 2.05) is 66.0 Å². The van der Waals surface area contributed by atoms with E-state index in [1.54, 1.807) is 23.5 Å². The minimum atomic E-state index is -0.146. The predicted octanol–water partition coefficient (Wildman–Crippen LogP) is 7.15. The summed E-state index contributed by atoms with van der Waals surface area (Å²) >= 11 is 10.9. The van der Waals surface area contributed by atoms with Crippen LogP contribution in [0.4, 0.5) is 5.69 Å². The number of amides is 1. The summed E-state index contributed by atoms with van der Waals surface area (Å²) in [6.07, 6.45) is 0. The highest BCUT2D eigenvalue weighted by atomic mass is 79.9. The van der Waals surface area contributed by atoms with Gasteiger partial charge in [-0.2, -0.15) is 0 Å². The summed E-state index contributed by atoms with van der Waals surface area (Å²) in [6.45, 7) is 0. The molecule has 0 fully saturated rings. The van der Waals surface area contributed by atoms with Crippen molar-refractivity contribution in [3.8, 4) is 21.8 Å². The van der Waals surface area contributed by atoms with Gasteiger partial charge in [-0.1, -0.05) is 57.9 Å². The van der Waals surface area contributed by atoms with Gasteiger partial charge in [0.05, 0.1) is 5.69 Å². The van der Waals surface area contributed by atoms with Crippen LogP contribution in [-0.4, -0.2) is 10.9 Å². The molecule has 0 radical (unpaired) electrons. The molecule has 1 aromatic heterocycles. The van der Waals surface area contributed by atoms with E-state index >= 15 is 0 Å². The molecule has 0 unspecified atom stereocenters. The first-order chi connectivity index (χ1) is 13.6. The van der Waals surface area contributed by atoms with Gasteiger partial charge in [-0.25, -0.2) is 4.98 Å². The maximum Gasteiger partial charge on any atom is 0.255 e. The van der Waals surface area contributed by atoms with E-state index in [-0.39, 0.29) is 5.91 Å². The third-order valence-corrected chi connectivity index (χ3v) is 5.76. The third-order valence-electron chi connectivity index (χ3n) is 4.12. The second-order valence-electron chi connectivity index (χ2n) is 6.09. The van der Waals surface area contributed by atoms with Gasteiger partial charge in [-0.15, -0.1) is 11.3 Å². The Morgan fingerprint density at radius 3 is 2.39 bits per heavy atom. The van der Waals surface area contributed by atoms with Crippen molar-refractivity contribution in [1.82, 2.24) is 4.98 Å². The molecule has 3 nitrogen and oxygen atoms in total. The van der Waals surface area contributed by atoms with Gasteiger partial charge in [0.2, 0.25) is 0 Å².